The van der Waals surface area contributed by atoms with Crippen LogP contribution in [0.5, 0.6) is 0 Å². The fourth-order valence-electron chi connectivity index (χ4n) is 2.95. The highest BCUT2D eigenvalue weighted by atomic mass is 32.2. The summed E-state index contributed by atoms with van der Waals surface area (Å²) >= 11 is 2.37. The maximum atomic E-state index is 12.5. The van der Waals surface area contributed by atoms with E-state index in [1.165, 1.54) is 24.2 Å². The molecule has 2 aromatic heterocycles. The highest BCUT2D eigenvalue weighted by Crippen LogP contribution is 2.37. The molecule has 1 aliphatic carbocycles. The van der Waals surface area contributed by atoms with Crippen LogP contribution in [0, 0.1) is 20.8 Å². The Balaban J connectivity index is 1.83. The van der Waals surface area contributed by atoms with Crippen molar-refractivity contribution >= 4 is 38.6 Å². The molecule has 0 aliphatic heterocycles. The predicted octanol–water partition coefficient (Wildman–Crippen LogP) is 3.30. The quantitative estimate of drug-likeness (QED) is 0.872. The molecule has 2 aromatic rings. The van der Waals surface area contributed by atoms with Gasteiger partial charge in [0, 0.05) is 5.92 Å². The van der Waals surface area contributed by atoms with Gasteiger partial charge in [-0.15, -0.1) is 22.7 Å². The number of rotatable bonds is 4. The van der Waals surface area contributed by atoms with Gasteiger partial charge in [-0.05, 0) is 33.6 Å². The minimum absolute atomic E-state index is 0.0894. The molecular formula is C15H19N3O3S3. The second-order valence-corrected chi connectivity index (χ2v) is 10.1. The SMILES string of the molecule is Cc1nc(C)c(S(=O)(=O)NC(=O)c2sc(C3CCCC3)nc2C)s1. The topological polar surface area (TPSA) is 89.0 Å². The van der Waals surface area contributed by atoms with Crippen molar-refractivity contribution in [2.45, 2.75) is 56.6 Å². The Kier molecular flexibility index (Phi) is 4.76. The molecule has 0 spiro atoms. The maximum Gasteiger partial charge on any atom is 0.277 e. The average Bonchev–Trinajstić information content (AvgIpc) is 3.18. The number of aromatic nitrogens is 2. The van der Waals surface area contributed by atoms with Gasteiger partial charge in [-0.25, -0.2) is 23.1 Å². The molecule has 6 nitrogen and oxygen atoms in total. The number of nitrogens with zero attached hydrogens (tertiary/aromatic N) is 2. The van der Waals surface area contributed by atoms with E-state index in [-0.39, 0.29) is 4.21 Å². The van der Waals surface area contributed by atoms with Crippen molar-refractivity contribution in [3.8, 4) is 0 Å². The normalized spacial score (nSPS) is 15.8. The molecule has 130 valence electrons. The maximum absolute atomic E-state index is 12.5. The third-order valence-corrected chi connectivity index (χ3v) is 8.39. The van der Waals surface area contributed by atoms with E-state index in [2.05, 4.69) is 14.7 Å². The molecule has 0 bridgehead atoms. The zero-order valence-corrected chi connectivity index (χ0v) is 16.2. The van der Waals surface area contributed by atoms with Crippen molar-refractivity contribution in [3.63, 3.8) is 0 Å². The summed E-state index contributed by atoms with van der Waals surface area (Å²) in [6.07, 6.45) is 4.55. The van der Waals surface area contributed by atoms with Crippen molar-refractivity contribution in [2.24, 2.45) is 0 Å². The summed E-state index contributed by atoms with van der Waals surface area (Å²) in [7, 11) is -3.91. The first-order valence-corrected chi connectivity index (χ1v) is 10.9. The Morgan fingerprint density at radius 3 is 2.33 bits per heavy atom. The summed E-state index contributed by atoms with van der Waals surface area (Å²) in [6, 6.07) is 0. The van der Waals surface area contributed by atoms with Crippen molar-refractivity contribution in [1.29, 1.82) is 0 Å². The molecule has 3 rings (SSSR count). The zero-order valence-electron chi connectivity index (χ0n) is 13.7. The van der Waals surface area contributed by atoms with Gasteiger partial charge in [0.05, 0.1) is 21.4 Å². The van der Waals surface area contributed by atoms with Crippen LogP contribution in [0.25, 0.3) is 0 Å². The van der Waals surface area contributed by atoms with E-state index in [0.717, 1.165) is 29.2 Å². The molecule has 1 fully saturated rings. The number of aryl methyl sites for hydroxylation is 3. The summed E-state index contributed by atoms with van der Waals surface area (Å²) in [6.45, 7) is 5.11. The lowest BCUT2D eigenvalue weighted by Crippen LogP contribution is -2.30. The summed E-state index contributed by atoms with van der Waals surface area (Å²) in [5, 5.41) is 1.59. The second-order valence-electron chi connectivity index (χ2n) is 5.99. The van der Waals surface area contributed by atoms with E-state index in [4.69, 9.17) is 0 Å². The Morgan fingerprint density at radius 1 is 1.08 bits per heavy atom. The Hall–Kier alpha value is -1.32. The largest absolute Gasteiger partial charge is 0.277 e. The summed E-state index contributed by atoms with van der Waals surface area (Å²) in [5.41, 5.74) is 0.997. The standard InChI is InChI=1S/C15H19N3O3S3/c1-8-12(23-14(17-8)11-6-4-5-7-11)13(19)18-24(20,21)15-9(2)16-10(3)22-15/h11H,4-7H2,1-3H3,(H,18,19). The summed E-state index contributed by atoms with van der Waals surface area (Å²) < 4.78 is 27.1. The van der Waals surface area contributed by atoms with Crippen LogP contribution in [0.4, 0.5) is 0 Å². The molecule has 1 aliphatic rings. The predicted molar refractivity (Wildman–Crippen MR) is 94.3 cm³/mol. The van der Waals surface area contributed by atoms with Crippen LogP contribution in [0.2, 0.25) is 0 Å². The molecule has 1 amide bonds. The molecule has 9 heteroatoms. The fraction of sp³-hybridized carbons (Fsp3) is 0.533. The van der Waals surface area contributed by atoms with Crippen LogP contribution in [0.15, 0.2) is 4.21 Å². The lowest BCUT2D eigenvalue weighted by Gasteiger charge is -2.04. The van der Waals surface area contributed by atoms with E-state index in [1.54, 1.807) is 20.8 Å². The minimum Gasteiger partial charge on any atom is -0.267 e. The number of hydrogen-bond donors (Lipinski definition) is 1. The van der Waals surface area contributed by atoms with E-state index in [9.17, 15) is 13.2 Å². The third kappa shape index (κ3) is 3.38. The monoisotopic (exact) mass is 385 g/mol. The fourth-order valence-corrected chi connectivity index (χ4v) is 6.59. The number of thiazole rings is 2. The smallest absolute Gasteiger partial charge is 0.267 e. The molecule has 0 aromatic carbocycles. The van der Waals surface area contributed by atoms with Crippen LogP contribution < -0.4 is 4.72 Å². The van der Waals surface area contributed by atoms with Crippen molar-refractivity contribution in [2.75, 3.05) is 0 Å². The number of carbonyl (C=O) groups excluding carboxylic acids is 1. The Labute approximate surface area is 149 Å². The van der Waals surface area contributed by atoms with Crippen molar-refractivity contribution in [1.82, 2.24) is 14.7 Å². The average molecular weight is 386 g/mol. The number of sulfonamides is 1. The van der Waals surface area contributed by atoms with Crippen LogP contribution in [-0.2, 0) is 10.0 Å². The van der Waals surface area contributed by atoms with Gasteiger partial charge in [0.25, 0.3) is 15.9 Å². The van der Waals surface area contributed by atoms with Gasteiger partial charge >= 0.3 is 0 Å². The molecule has 0 atom stereocenters. The number of nitrogens with one attached hydrogen (secondary N) is 1. The number of amides is 1. The first-order valence-electron chi connectivity index (χ1n) is 7.76. The second kappa shape index (κ2) is 6.53. The van der Waals surface area contributed by atoms with Gasteiger partial charge in [-0.2, -0.15) is 0 Å². The molecule has 0 radical (unpaired) electrons. The zero-order chi connectivity index (χ0) is 17.5. The molecular weight excluding hydrogens is 366 g/mol. The van der Waals surface area contributed by atoms with Crippen molar-refractivity contribution in [3.05, 3.63) is 26.3 Å². The van der Waals surface area contributed by atoms with E-state index in [1.807, 2.05) is 0 Å². The molecule has 24 heavy (non-hydrogen) atoms. The van der Waals surface area contributed by atoms with Gasteiger partial charge in [0.2, 0.25) is 0 Å². The van der Waals surface area contributed by atoms with E-state index >= 15 is 0 Å². The highest BCUT2D eigenvalue weighted by Gasteiger charge is 2.28. The van der Waals surface area contributed by atoms with Gasteiger partial charge < -0.3 is 0 Å². The number of carbonyl (C=O) groups is 1. The lowest BCUT2D eigenvalue weighted by molar-refractivity contribution is 0.0984. The summed E-state index contributed by atoms with van der Waals surface area (Å²) in [4.78, 5) is 21.4. The first-order chi connectivity index (χ1) is 11.3. The minimum atomic E-state index is -3.91. The first kappa shape index (κ1) is 17.5. The molecule has 2 heterocycles. The highest BCUT2D eigenvalue weighted by molar-refractivity contribution is 7.92. The van der Waals surface area contributed by atoms with E-state index in [0.29, 0.717) is 27.2 Å². The Bertz CT molecular complexity index is 877. The van der Waals surface area contributed by atoms with E-state index < -0.39 is 15.9 Å². The number of hydrogen-bond acceptors (Lipinski definition) is 7. The molecule has 0 unspecified atom stereocenters. The molecule has 1 saturated carbocycles. The van der Waals surface area contributed by atoms with Gasteiger partial charge in [-0.1, -0.05) is 12.8 Å². The van der Waals surface area contributed by atoms with Crippen LogP contribution in [-0.4, -0.2) is 24.3 Å². The van der Waals surface area contributed by atoms with Crippen LogP contribution >= 0.6 is 22.7 Å². The van der Waals surface area contributed by atoms with Crippen LogP contribution in [0.1, 0.15) is 62.7 Å². The van der Waals surface area contributed by atoms with Gasteiger partial charge in [-0.3, -0.25) is 4.79 Å². The third-order valence-electron chi connectivity index (χ3n) is 4.06. The van der Waals surface area contributed by atoms with Crippen LogP contribution in [0.3, 0.4) is 0 Å². The Morgan fingerprint density at radius 2 is 1.75 bits per heavy atom. The molecule has 0 saturated heterocycles. The van der Waals surface area contributed by atoms with Gasteiger partial charge in [0.15, 0.2) is 4.21 Å². The van der Waals surface area contributed by atoms with Gasteiger partial charge in [0.1, 0.15) is 4.88 Å². The lowest BCUT2D eigenvalue weighted by atomic mass is 10.1. The molecule has 1 N–H and O–H groups in total. The summed E-state index contributed by atoms with van der Waals surface area (Å²) in [5.74, 6) is -0.210. The van der Waals surface area contributed by atoms with Crippen molar-refractivity contribution < 1.29 is 13.2 Å².